The van der Waals surface area contributed by atoms with Crippen molar-refractivity contribution in [3.05, 3.63) is 42.1 Å². The molecule has 0 saturated heterocycles. The van der Waals surface area contributed by atoms with Gasteiger partial charge in [-0.3, -0.25) is 4.45 Å². The van der Waals surface area contributed by atoms with E-state index in [2.05, 4.69) is 38.5 Å². The molecular formula is C13H13N2P. The molecule has 2 nitrogen and oxygen atoms in total. The lowest BCUT2D eigenvalue weighted by Gasteiger charge is -2.01. The van der Waals surface area contributed by atoms with Crippen LogP contribution in [-0.4, -0.2) is 9.55 Å². The van der Waals surface area contributed by atoms with Gasteiger partial charge in [-0.05, 0) is 27.6 Å². The molecule has 2 rings (SSSR count). The zero-order chi connectivity index (χ0) is 11.4. The molecule has 1 heterocycles. The van der Waals surface area contributed by atoms with Crippen LogP contribution in [0, 0.1) is 11.8 Å². The Morgan fingerprint density at radius 3 is 2.56 bits per heavy atom. The summed E-state index contributed by atoms with van der Waals surface area (Å²) >= 11 is 0. The highest BCUT2D eigenvalue weighted by Crippen LogP contribution is 2.20. The maximum absolute atomic E-state index is 4.12. The Morgan fingerprint density at radius 1 is 1.25 bits per heavy atom. The topological polar surface area (TPSA) is 17.8 Å². The second-order valence-electron chi connectivity index (χ2n) is 3.39. The first-order valence-corrected chi connectivity index (χ1v) is 5.71. The molecule has 1 aromatic carbocycles. The van der Waals surface area contributed by atoms with Gasteiger partial charge in [0.15, 0.2) is 0 Å². The normalized spacial score (nSPS) is 9.62. The minimum absolute atomic E-state index is 0.889. The third-order valence-electron chi connectivity index (χ3n) is 2.26. The molecule has 0 fully saturated rings. The van der Waals surface area contributed by atoms with Gasteiger partial charge < -0.3 is 0 Å². The molecule has 3 heteroatoms. The summed E-state index contributed by atoms with van der Waals surface area (Å²) in [5.41, 5.74) is 3.29. The van der Waals surface area contributed by atoms with E-state index in [0.717, 1.165) is 23.2 Å². The molecule has 0 spiro atoms. The summed E-state index contributed by atoms with van der Waals surface area (Å²) < 4.78 is 1.78. The largest absolute Gasteiger partial charge is 0.251 e. The second kappa shape index (κ2) is 4.96. The van der Waals surface area contributed by atoms with E-state index in [9.17, 15) is 0 Å². The van der Waals surface area contributed by atoms with E-state index in [1.807, 2.05) is 25.1 Å². The van der Waals surface area contributed by atoms with E-state index >= 15 is 0 Å². The molecule has 0 bridgehead atoms. The lowest BCUT2D eigenvalue weighted by molar-refractivity contribution is 1.02. The summed E-state index contributed by atoms with van der Waals surface area (Å²) in [4.78, 5) is 0. The summed E-state index contributed by atoms with van der Waals surface area (Å²) in [5.74, 6) is 6.16. The Morgan fingerprint density at radius 2 is 2.00 bits per heavy atom. The van der Waals surface area contributed by atoms with Crippen molar-refractivity contribution in [2.75, 3.05) is 0 Å². The fourth-order valence-electron chi connectivity index (χ4n) is 1.46. The molecule has 16 heavy (non-hydrogen) atoms. The van der Waals surface area contributed by atoms with Crippen LogP contribution in [0.1, 0.15) is 18.9 Å². The smallest absolute Gasteiger partial charge is 0.0717 e. The molecule has 0 aliphatic heterocycles. The van der Waals surface area contributed by atoms with Crippen LogP contribution in [0.4, 0.5) is 0 Å². The molecule has 1 aromatic heterocycles. The molecule has 0 aliphatic rings. The third kappa shape index (κ3) is 2.32. The van der Waals surface area contributed by atoms with Gasteiger partial charge in [-0.2, -0.15) is 5.10 Å². The first-order valence-electron chi connectivity index (χ1n) is 5.19. The molecule has 1 unspecified atom stereocenters. The Bertz CT molecular complexity index is 529. The summed E-state index contributed by atoms with van der Waals surface area (Å²) in [6, 6.07) is 10.2. The van der Waals surface area contributed by atoms with Crippen molar-refractivity contribution in [1.82, 2.24) is 9.55 Å². The molecule has 0 saturated carbocycles. The zero-order valence-electron chi connectivity index (χ0n) is 9.14. The molecule has 2 aromatic rings. The Balaban J connectivity index is 2.30. The van der Waals surface area contributed by atoms with Gasteiger partial charge in [0.25, 0.3) is 0 Å². The van der Waals surface area contributed by atoms with Gasteiger partial charge in [-0.1, -0.05) is 30.9 Å². The van der Waals surface area contributed by atoms with E-state index in [1.54, 1.807) is 10.6 Å². The highest BCUT2D eigenvalue weighted by Gasteiger charge is 2.01. The number of rotatable bonds is 1. The van der Waals surface area contributed by atoms with Crippen molar-refractivity contribution in [3.8, 4) is 23.1 Å². The minimum Gasteiger partial charge on any atom is -0.251 e. The predicted octanol–water partition coefficient (Wildman–Crippen LogP) is 2.95. The standard InChI is InChI=1S/C13H13N2P/c1-2-3-4-11-5-7-12(8-6-11)13-9-10-14-15(13)16/h5-10H,2,16H2,1H3. The van der Waals surface area contributed by atoms with E-state index in [-0.39, 0.29) is 0 Å². The van der Waals surface area contributed by atoms with Crippen molar-refractivity contribution >= 4 is 9.39 Å². The molecule has 80 valence electrons. The molecule has 0 N–H and O–H groups in total. The first kappa shape index (κ1) is 10.9. The SMILES string of the molecule is CCC#Cc1ccc(-c2ccnn2P)cc1. The molecular weight excluding hydrogens is 215 g/mol. The lowest BCUT2D eigenvalue weighted by atomic mass is 10.1. The van der Waals surface area contributed by atoms with E-state index in [4.69, 9.17) is 0 Å². The van der Waals surface area contributed by atoms with Crippen LogP contribution in [0.25, 0.3) is 11.3 Å². The van der Waals surface area contributed by atoms with Gasteiger partial charge >= 0.3 is 0 Å². The molecule has 0 aliphatic carbocycles. The monoisotopic (exact) mass is 228 g/mol. The Labute approximate surface area is 97.9 Å². The van der Waals surface area contributed by atoms with Crippen molar-refractivity contribution < 1.29 is 0 Å². The first-order chi connectivity index (χ1) is 7.81. The van der Waals surface area contributed by atoms with Crippen LogP contribution < -0.4 is 0 Å². The number of aromatic nitrogens is 2. The molecule has 1 atom stereocenters. The van der Waals surface area contributed by atoms with Gasteiger partial charge in [0.05, 0.1) is 5.69 Å². The minimum atomic E-state index is 0.889. The summed E-state index contributed by atoms with van der Waals surface area (Å²) in [5, 5.41) is 4.12. The quantitative estimate of drug-likeness (QED) is 0.542. The number of benzene rings is 1. The van der Waals surface area contributed by atoms with Gasteiger partial charge in [-0.15, -0.1) is 0 Å². The number of hydrogen-bond donors (Lipinski definition) is 0. The maximum atomic E-state index is 4.12. The van der Waals surface area contributed by atoms with Crippen LogP contribution in [0.15, 0.2) is 36.5 Å². The highest BCUT2D eigenvalue weighted by atomic mass is 31.0. The van der Waals surface area contributed by atoms with Crippen molar-refractivity contribution in [3.63, 3.8) is 0 Å². The summed E-state index contributed by atoms with van der Waals surface area (Å²) in [7, 11) is 2.57. The van der Waals surface area contributed by atoms with E-state index in [0.29, 0.717) is 0 Å². The van der Waals surface area contributed by atoms with Crippen molar-refractivity contribution in [2.45, 2.75) is 13.3 Å². The third-order valence-corrected chi connectivity index (χ3v) is 2.67. The summed E-state index contributed by atoms with van der Waals surface area (Å²) in [6.07, 6.45) is 2.67. The van der Waals surface area contributed by atoms with Gasteiger partial charge in [0, 0.05) is 23.7 Å². The van der Waals surface area contributed by atoms with Crippen molar-refractivity contribution in [2.24, 2.45) is 0 Å². The van der Waals surface area contributed by atoms with Crippen LogP contribution in [-0.2, 0) is 0 Å². The summed E-state index contributed by atoms with van der Waals surface area (Å²) in [6.45, 7) is 2.05. The highest BCUT2D eigenvalue weighted by molar-refractivity contribution is 7.14. The van der Waals surface area contributed by atoms with Crippen LogP contribution >= 0.6 is 9.39 Å². The molecule has 0 radical (unpaired) electrons. The van der Waals surface area contributed by atoms with E-state index < -0.39 is 0 Å². The zero-order valence-corrected chi connectivity index (χ0v) is 10.3. The van der Waals surface area contributed by atoms with Gasteiger partial charge in [-0.25, -0.2) is 0 Å². The molecule has 0 amide bonds. The Kier molecular flexibility index (Phi) is 3.39. The average molecular weight is 228 g/mol. The number of nitrogens with zero attached hydrogens (tertiary/aromatic N) is 2. The lowest BCUT2D eigenvalue weighted by Crippen LogP contribution is -1.86. The van der Waals surface area contributed by atoms with Gasteiger partial charge in [0.2, 0.25) is 0 Å². The second-order valence-corrected chi connectivity index (χ2v) is 3.88. The van der Waals surface area contributed by atoms with Crippen LogP contribution in [0.5, 0.6) is 0 Å². The van der Waals surface area contributed by atoms with Gasteiger partial charge in [0.1, 0.15) is 0 Å². The van der Waals surface area contributed by atoms with Crippen molar-refractivity contribution in [1.29, 1.82) is 0 Å². The average Bonchev–Trinajstić information content (AvgIpc) is 2.74. The predicted molar refractivity (Wildman–Crippen MR) is 69.9 cm³/mol. The van der Waals surface area contributed by atoms with E-state index in [1.165, 1.54) is 0 Å². The Hall–Kier alpha value is -1.58. The maximum Gasteiger partial charge on any atom is 0.0717 e. The fraction of sp³-hybridized carbons (Fsp3) is 0.154. The number of hydrogen-bond acceptors (Lipinski definition) is 1. The van der Waals surface area contributed by atoms with Crippen LogP contribution in [0.2, 0.25) is 0 Å². The van der Waals surface area contributed by atoms with Crippen LogP contribution in [0.3, 0.4) is 0 Å². The fourth-order valence-corrected chi connectivity index (χ4v) is 1.77.